The molecule has 5 nitrogen and oxygen atoms in total. The highest BCUT2D eigenvalue weighted by Gasteiger charge is 2.29. The molecule has 1 aliphatic rings. The van der Waals surface area contributed by atoms with Crippen LogP contribution >= 0.6 is 0 Å². The van der Waals surface area contributed by atoms with Crippen molar-refractivity contribution in [2.24, 2.45) is 0 Å². The van der Waals surface area contributed by atoms with Crippen LogP contribution in [0.15, 0.2) is 42.9 Å². The second kappa shape index (κ2) is 6.13. The number of nitrogens with zero attached hydrogens (tertiary/aromatic N) is 4. The van der Waals surface area contributed by atoms with Gasteiger partial charge in [-0.15, -0.1) is 0 Å². The smallest absolute Gasteiger partial charge is 0.274 e. The van der Waals surface area contributed by atoms with Gasteiger partial charge in [-0.25, -0.2) is 4.98 Å². The van der Waals surface area contributed by atoms with E-state index in [9.17, 15) is 4.79 Å². The highest BCUT2D eigenvalue weighted by molar-refractivity contribution is 5.92. The molecule has 114 valence electrons. The summed E-state index contributed by atoms with van der Waals surface area (Å²) >= 11 is 0. The van der Waals surface area contributed by atoms with Crippen LogP contribution in [0, 0.1) is 0 Å². The van der Waals surface area contributed by atoms with E-state index in [1.165, 1.54) is 11.9 Å². The number of rotatable bonds is 2. The molecule has 0 N–H and O–H groups in total. The Morgan fingerprint density at radius 3 is 2.86 bits per heavy atom. The number of hydrogen-bond acceptors (Lipinski definition) is 4. The van der Waals surface area contributed by atoms with Crippen LogP contribution in [0.3, 0.4) is 0 Å². The first-order valence-electron chi connectivity index (χ1n) is 7.56. The van der Waals surface area contributed by atoms with E-state index in [1.807, 2.05) is 17.0 Å². The number of amides is 1. The number of likely N-dealkylation sites (N-methyl/N-ethyl adjacent to an activating group) is 1. The second-order valence-corrected chi connectivity index (χ2v) is 5.60. The van der Waals surface area contributed by atoms with Gasteiger partial charge in [0.2, 0.25) is 0 Å². The minimum Gasteiger partial charge on any atom is -0.372 e. The molecule has 5 heteroatoms. The van der Waals surface area contributed by atoms with Crippen LogP contribution in [0.25, 0.3) is 0 Å². The van der Waals surface area contributed by atoms with E-state index in [2.05, 4.69) is 41.0 Å². The molecule has 1 atom stereocenters. The summed E-state index contributed by atoms with van der Waals surface area (Å²) in [6.45, 7) is 3.54. The maximum absolute atomic E-state index is 12.8. The van der Waals surface area contributed by atoms with Gasteiger partial charge in [0.25, 0.3) is 5.91 Å². The Hall–Kier alpha value is -2.43. The molecule has 0 spiro atoms. The van der Waals surface area contributed by atoms with Crippen molar-refractivity contribution in [2.45, 2.75) is 25.9 Å². The number of aromatic nitrogens is 2. The molecule has 3 rings (SSSR count). The van der Waals surface area contributed by atoms with Crippen LogP contribution in [-0.4, -0.2) is 40.4 Å². The summed E-state index contributed by atoms with van der Waals surface area (Å²) in [6.07, 6.45) is 5.59. The van der Waals surface area contributed by atoms with E-state index in [-0.39, 0.29) is 11.9 Å². The zero-order chi connectivity index (χ0) is 15.5. The standard InChI is InChI=1S/C17H20N4O/c1-3-14-12-20(2)16-7-5-4-6-13(16)11-21(14)17(22)15-10-18-8-9-19-15/h4-10,14H,3,11-12H2,1-2H3/t14-/m0/s1. The predicted octanol–water partition coefficient (Wildman–Crippen LogP) is 2.35. The Bertz CT molecular complexity index is 659. The molecular weight excluding hydrogens is 276 g/mol. The highest BCUT2D eigenvalue weighted by Crippen LogP contribution is 2.27. The first-order valence-corrected chi connectivity index (χ1v) is 7.56. The number of fused-ring (bicyclic) bond motifs is 1. The Labute approximate surface area is 130 Å². The molecule has 2 aromatic rings. The van der Waals surface area contributed by atoms with E-state index in [0.717, 1.165) is 18.5 Å². The molecule has 0 saturated carbocycles. The van der Waals surface area contributed by atoms with Gasteiger partial charge in [-0.2, -0.15) is 0 Å². The summed E-state index contributed by atoms with van der Waals surface area (Å²) in [5, 5.41) is 0. The zero-order valence-corrected chi connectivity index (χ0v) is 12.9. The summed E-state index contributed by atoms with van der Waals surface area (Å²) in [5.41, 5.74) is 2.76. The van der Waals surface area contributed by atoms with Gasteiger partial charge in [0.15, 0.2) is 0 Å². The first kappa shape index (κ1) is 14.5. The topological polar surface area (TPSA) is 49.3 Å². The molecule has 0 aliphatic carbocycles. The Balaban J connectivity index is 1.97. The lowest BCUT2D eigenvalue weighted by atomic mass is 10.1. The van der Waals surface area contributed by atoms with Gasteiger partial charge in [0.05, 0.1) is 6.20 Å². The van der Waals surface area contributed by atoms with E-state index < -0.39 is 0 Å². The van der Waals surface area contributed by atoms with E-state index in [1.54, 1.807) is 12.4 Å². The Kier molecular flexibility index (Phi) is 4.04. The number of benzene rings is 1. The fourth-order valence-corrected chi connectivity index (χ4v) is 2.99. The van der Waals surface area contributed by atoms with Gasteiger partial charge in [-0.3, -0.25) is 9.78 Å². The zero-order valence-electron chi connectivity index (χ0n) is 12.9. The molecule has 0 saturated heterocycles. The Morgan fingerprint density at radius 2 is 2.14 bits per heavy atom. The van der Waals surface area contributed by atoms with Gasteiger partial charge in [-0.1, -0.05) is 25.1 Å². The molecule has 1 aliphatic heterocycles. The highest BCUT2D eigenvalue weighted by atomic mass is 16.2. The van der Waals surface area contributed by atoms with Gasteiger partial charge in [-0.05, 0) is 18.1 Å². The van der Waals surface area contributed by atoms with Gasteiger partial charge >= 0.3 is 0 Å². The van der Waals surface area contributed by atoms with E-state index >= 15 is 0 Å². The van der Waals surface area contributed by atoms with Crippen LogP contribution in [0.1, 0.15) is 29.4 Å². The molecule has 0 fully saturated rings. The minimum absolute atomic E-state index is 0.0509. The van der Waals surface area contributed by atoms with Crippen LogP contribution in [-0.2, 0) is 6.54 Å². The number of carbonyl (C=O) groups is 1. The fraction of sp³-hybridized carbons (Fsp3) is 0.353. The number of carbonyl (C=O) groups excluding carboxylic acids is 1. The average molecular weight is 296 g/mol. The minimum atomic E-state index is -0.0509. The van der Waals surface area contributed by atoms with Crippen molar-refractivity contribution in [3.63, 3.8) is 0 Å². The second-order valence-electron chi connectivity index (χ2n) is 5.60. The molecule has 1 aromatic carbocycles. The van der Waals surface area contributed by atoms with Gasteiger partial charge in [0.1, 0.15) is 5.69 Å². The van der Waals surface area contributed by atoms with Crippen molar-refractivity contribution in [3.8, 4) is 0 Å². The van der Waals surface area contributed by atoms with Crippen molar-refractivity contribution in [2.75, 3.05) is 18.5 Å². The maximum Gasteiger partial charge on any atom is 0.274 e. The number of para-hydroxylation sites is 1. The van der Waals surface area contributed by atoms with Crippen LogP contribution in [0.5, 0.6) is 0 Å². The van der Waals surface area contributed by atoms with Crippen molar-refractivity contribution in [1.29, 1.82) is 0 Å². The maximum atomic E-state index is 12.8. The third-order valence-electron chi connectivity index (χ3n) is 4.18. The van der Waals surface area contributed by atoms with E-state index in [0.29, 0.717) is 12.2 Å². The third-order valence-corrected chi connectivity index (χ3v) is 4.18. The Morgan fingerprint density at radius 1 is 1.32 bits per heavy atom. The average Bonchev–Trinajstić information content (AvgIpc) is 2.72. The first-order chi connectivity index (χ1) is 10.7. The lowest BCUT2D eigenvalue weighted by Gasteiger charge is -2.30. The van der Waals surface area contributed by atoms with Crippen molar-refractivity contribution >= 4 is 11.6 Å². The summed E-state index contributed by atoms with van der Waals surface area (Å²) < 4.78 is 0. The quantitative estimate of drug-likeness (QED) is 0.853. The lowest BCUT2D eigenvalue weighted by molar-refractivity contribution is 0.0661. The van der Waals surface area contributed by atoms with Gasteiger partial charge < -0.3 is 9.80 Å². The van der Waals surface area contributed by atoms with Gasteiger partial charge in [0, 0.05) is 44.3 Å². The number of anilines is 1. The van der Waals surface area contributed by atoms with Crippen molar-refractivity contribution in [1.82, 2.24) is 14.9 Å². The molecule has 0 bridgehead atoms. The van der Waals surface area contributed by atoms with Crippen LogP contribution < -0.4 is 4.90 Å². The molecule has 0 radical (unpaired) electrons. The summed E-state index contributed by atoms with van der Waals surface area (Å²) in [5.74, 6) is -0.0509. The van der Waals surface area contributed by atoms with Crippen molar-refractivity contribution in [3.05, 3.63) is 54.1 Å². The monoisotopic (exact) mass is 296 g/mol. The third kappa shape index (κ3) is 2.66. The summed E-state index contributed by atoms with van der Waals surface area (Å²) in [4.78, 5) is 25.2. The van der Waals surface area contributed by atoms with Crippen molar-refractivity contribution < 1.29 is 4.79 Å². The SMILES string of the molecule is CC[C@H]1CN(C)c2ccccc2CN1C(=O)c1cnccn1. The molecule has 0 unspecified atom stereocenters. The molecular formula is C17H20N4O. The van der Waals surface area contributed by atoms with Crippen LogP contribution in [0.4, 0.5) is 5.69 Å². The molecule has 2 heterocycles. The summed E-state index contributed by atoms with van der Waals surface area (Å²) in [7, 11) is 2.08. The molecule has 1 amide bonds. The largest absolute Gasteiger partial charge is 0.372 e. The van der Waals surface area contributed by atoms with E-state index in [4.69, 9.17) is 0 Å². The lowest BCUT2D eigenvalue weighted by Crippen LogP contribution is -2.43. The predicted molar refractivity (Wildman–Crippen MR) is 85.7 cm³/mol. The summed E-state index contributed by atoms with van der Waals surface area (Å²) in [6, 6.07) is 8.41. The number of hydrogen-bond donors (Lipinski definition) is 0. The fourth-order valence-electron chi connectivity index (χ4n) is 2.99. The molecule has 1 aromatic heterocycles. The molecule has 22 heavy (non-hydrogen) atoms. The van der Waals surface area contributed by atoms with Crippen LogP contribution in [0.2, 0.25) is 0 Å². The normalized spacial score (nSPS) is 17.8.